The number of ether oxygens (including phenoxy) is 3. The molecule has 2 atom stereocenters. The Balaban J connectivity index is 2.08. The van der Waals surface area contributed by atoms with Crippen molar-refractivity contribution in [3.63, 3.8) is 0 Å². The Bertz CT molecular complexity index is 476. The second-order valence-electron chi connectivity index (χ2n) is 6.06. The van der Waals surface area contributed by atoms with Crippen LogP contribution in [-0.4, -0.2) is 25.3 Å². The standard InChI is InChI=1S/C16H22O4/c1-16(2,3)20-14(17)9-11-10-19-13-8-6-5-7-12(13)15(11)18-4/h5-8,11,15H,9-10H2,1-4H3. The van der Waals surface area contributed by atoms with Gasteiger partial charge < -0.3 is 14.2 Å². The molecule has 1 aliphatic rings. The molecule has 0 spiro atoms. The van der Waals surface area contributed by atoms with Crippen molar-refractivity contribution >= 4 is 5.97 Å². The van der Waals surface area contributed by atoms with Gasteiger partial charge in [0.15, 0.2) is 0 Å². The van der Waals surface area contributed by atoms with Gasteiger partial charge in [-0.1, -0.05) is 18.2 Å². The van der Waals surface area contributed by atoms with E-state index in [2.05, 4.69) is 0 Å². The maximum Gasteiger partial charge on any atom is 0.306 e. The number of para-hydroxylation sites is 1. The van der Waals surface area contributed by atoms with Crippen LogP contribution >= 0.6 is 0 Å². The van der Waals surface area contributed by atoms with Gasteiger partial charge in [0.2, 0.25) is 0 Å². The van der Waals surface area contributed by atoms with E-state index in [1.165, 1.54) is 0 Å². The summed E-state index contributed by atoms with van der Waals surface area (Å²) in [4.78, 5) is 12.0. The van der Waals surface area contributed by atoms with Crippen LogP contribution in [0.3, 0.4) is 0 Å². The lowest BCUT2D eigenvalue weighted by atomic mass is 9.90. The third-order valence-corrected chi connectivity index (χ3v) is 3.21. The first kappa shape index (κ1) is 14.9. The molecule has 1 aromatic carbocycles. The SMILES string of the molecule is COC1c2ccccc2OCC1CC(=O)OC(C)(C)C. The molecule has 0 radical (unpaired) electrons. The molecule has 1 heterocycles. The highest BCUT2D eigenvalue weighted by Crippen LogP contribution is 2.38. The Morgan fingerprint density at radius 1 is 1.35 bits per heavy atom. The summed E-state index contributed by atoms with van der Waals surface area (Å²) in [6.07, 6.45) is 0.164. The van der Waals surface area contributed by atoms with E-state index in [0.29, 0.717) is 13.0 Å². The third kappa shape index (κ3) is 3.51. The summed E-state index contributed by atoms with van der Waals surface area (Å²) in [5.74, 6) is 0.595. The number of esters is 1. The molecule has 1 aliphatic heterocycles. The minimum absolute atomic E-state index is 0.0234. The largest absolute Gasteiger partial charge is 0.493 e. The monoisotopic (exact) mass is 278 g/mol. The zero-order valence-electron chi connectivity index (χ0n) is 12.5. The number of fused-ring (bicyclic) bond motifs is 1. The van der Waals surface area contributed by atoms with Gasteiger partial charge in [-0.15, -0.1) is 0 Å². The summed E-state index contributed by atoms with van der Waals surface area (Å²) in [5, 5.41) is 0. The molecule has 0 fully saturated rings. The molecule has 110 valence electrons. The van der Waals surface area contributed by atoms with Crippen molar-refractivity contribution < 1.29 is 19.0 Å². The van der Waals surface area contributed by atoms with Crippen LogP contribution in [0.5, 0.6) is 5.75 Å². The van der Waals surface area contributed by atoms with Crippen molar-refractivity contribution in [2.45, 2.75) is 38.9 Å². The molecule has 0 aliphatic carbocycles. The van der Waals surface area contributed by atoms with Crippen molar-refractivity contribution in [2.75, 3.05) is 13.7 Å². The maximum atomic E-state index is 12.0. The van der Waals surface area contributed by atoms with Crippen molar-refractivity contribution in [3.8, 4) is 5.75 Å². The lowest BCUT2D eigenvalue weighted by Gasteiger charge is -2.32. The molecule has 4 heteroatoms. The number of methoxy groups -OCH3 is 1. The summed E-state index contributed by atoms with van der Waals surface area (Å²) in [6.45, 7) is 6.07. The van der Waals surface area contributed by atoms with E-state index in [9.17, 15) is 4.79 Å². The summed E-state index contributed by atoms with van der Waals surface area (Å²) >= 11 is 0. The molecule has 0 saturated carbocycles. The van der Waals surface area contributed by atoms with Crippen LogP contribution in [-0.2, 0) is 14.3 Å². The van der Waals surface area contributed by atoms with Crippen molar-refractivity contribution in [3.05, 3.63) is 29.8 Å². The number of rotatable bonds is 3. The number of hydrogen-bond donors (Lipinski definition) is 0. The van der Waals surface area contributed by atoms with Crippen LogP contribution in [0.25, 0.3) is 0 Å². The van der Waals surface area contributed by atoms with Gasteiger partial charge in [-0.25, -0.2) is 0 Å². The molecule has 0 saturated heterocycles. The predicted octanol–water partition coefficient (Wildman–Crippen LogP) is 3.11. The normalized spacial score (nSPS) is 21.8. The average Bonchev–Trinajstić information content (AvgIpc) is 2.36. The topological polar surface area (TPSA) is 44.8 Å². The summed E-state index contributed by atoms with van der Waals surface area (Å²) in [6, 6.07) is 7.78. The zero-order chi connectivity index (χ0) is 14.8. The fourth-order valence-electron chi connectivity index (χ4n) is 2.47. The zero-order valence-corrected chi connectivity index (χ0v) is 12.5. The van der Waals surface area contributed by atoms with Crippen molar-refractivity contribution in [1.29, 1.82) is 0 Å². The van der Waals surface area contributed by atoms with Gasteiger partial charge in [0.05, 0.1) is 19.1 Å². The van der Waals surface area contributed by atoms with Gasteiger partial charge in [0, 0.05) is 18.6 Å². The van der Waals surface area contributed by atoms with Gasteiger partial charge in [0.25, 0.3) is 0 Å². The van der Waals surface area contributed by atoms with Gasteiger partial charge in [0.1, 0.15) is 11.4 Å². The molecule has 2 unspecified atom stereocenters. The van der Waals surface area contributed by atoms with Crippen molar-refractivity contribution in [2.24, 2.45) is 5.92 Å². The predicted molar refractivity (Wildman–Crippen MR) is 75.6 cm³/mol. The first-order chi connectivity index (χ1) is 9.40. The first-order valence-electron chi connectivity index (χ1n) is 6.87. The first-order valence-corrected chi connectivity index (χ1v) is 6.87. The van der Waals surface area contributed by atoms with Gasteiger partial charge >= 0.3 is 5.97 Å². The molecule has 0 bridgehead atoms. The number of carbonyl (C=O) groups is 1. The van der Waals surface area contributed by atoms with E-state index in [0.717, 1.165) is 11.3 Å². The second kappa shape index (κ2) is 5.83. The lowest BCUT2D eigenvalue weighted by Crippen LogP contribution is -2.32. The smallest absolute Gasteiger partial charge is 0.306 e. The molecule has 0 amide bonds. The highest BCUT2D eigenvalue weighted by atomic mass is 16.6. The van der Waals surface area contributed by atoms with Crippen LogP contribution in [0.15, 0.2) is 24.3 Å². The summed E-state index contributed by atoms with van der Waals surface area (Å²) in [7, 11) is 1.66. The lowest BCUT2D eigenvalue weighted by molar-refractivity contribution is -0.158. The average molecular weight is 278 g/mol. The van der Waals surface area contributed by atoms with E-state index >= 15 is 0 Å². The van der Waals surface area contributed by atoms with E-state index in [-0.39, 0.29) is 18.0 Å². The summed E-state index contributed by atoms with van der Waals surface area (Å²) in [5.41, 5.74) is 0.530. The number of hydrogen-bond acceptors (Lipinski definition) is 4. The molecule has 0 aromatic heterocycles. The number of benzene rings is 1. The summed E-state index contributed by atoms with van der Waals surface area (Å²) < 4.78 is 16.7. The molecule has 2 rings (SSSR count). The van der Waals surface area contributed by atoms with E-state index in [1.807, 2.05) is 45.0 Å². The molecule has 0 N–H and O–H groups in total. The Hall–Kier alpha value is -1.55. The van der Waals surface area contributed by atoms with E-state index in [1.54, 1.807) is 7.11 Å². The van der Waals surface area contributed by atoms with Crippen molar-refractivity contribution in [1.82, 2.24) is 0 Å². The molecular formula is C16H22O4. The Kier molecular flexibility index (Phi) is 4.33. The quantitative estimate of drug-likeness (QED) is 0.797. The minimum Gasteiger partial charge on any atom is -0.493 e. The maximum absolute atomic E-state index is 12.0. The molecule has 4 nitrogen and oxygen atoms in total. The third-order valence-electron chi connectivity index (χ3n) is 3.21. The molecule has 20 heavy (non-hydrogen) atoms. The van der Waals surface area contributed by atoms with Gasteiger partial charge in [-0.3, -0.25) is 4.79 Å². The minimum atomic E-state index is -0.465. The number of carbonyl (C=O) groups excluding carboxylic acids is 1. The molecular weight excluding hydrogens is 256 g/mol. The van der Waals surface area contributed by atoms with Gasteiger partial charge in [-0.2, -0.15) is 0 Å². The van der Waals surface area contributed by atoms with E-state index in [4.69, 9.17) is 14.2 Å². The fraction of sp³-hybridized carbons (Fsp3) is 0.562. The van der Waals surface area contributed by atoms with Crippen LogP contribution in [0.4, 0.5) is 0 Å². The molecule has 1 aromatic rings. The Morgan fingerprint density at radius 2 is 2.05 bits per heavy atom. The Morgan fingerprint density at radius 3 is 2.70 bits per heavy atom. The van der Waals surface area contributed by atoms with Crippen LogP contribution in [0, 0.1) is 5.92 Å². The van der Waals surface area contributed by atoms with Crippen LogP contribution < -0.4 is 4.74 Å². The van der Waals surface area contributed by atoms with Crippen LogP contribution in [0.2, 0.25) is 0 Å². The highest BCUT2D eigenvalue weighted by Gasteiger charge is 2.33. The van der Waals surface area contributed by atoms with Gasteiger partial charge in [-0.05, 0) is 26.8 Å². The Labute approximate surface area is 120 Å². The highest BCUT2D eigenvalue weighted by molar-refractivity contribution is 5.70. The fourth-order valence-corrected chi connectivity index (χ4v) is 2.47. The van der Waals surface area contributed by atoms with Crippen LogP contribution in [0.1, 0.15) is 38.9 Å². The second-order valence-corrected chi connectivity index (χ2v) is 6.06. The van der Waals surface area contributed by atoms with E-state index < -0.39 is 5.60 Å².